The molecule has 0 atom stereocenters. The van der Waals surface area contributed by atoms with Gasteiger partial charge in [-0.25, -0.2) is 8.42 Å². The van der Waals surface area contributed by atoms with Crippen LogP contribution in [-0.4, -0.2) is 27.2 Å². The van der Waals surface area contributed by atoms with Crippen LogP contribution in [0.5, 0.6) is 0 Å². The number of hydrogen-bond acceptors (Lipinski definition) is 3. The fourth-order valence-corrected chi connectivity index (χ4v) is 1.92. The van der Waals surface area contributed by atoms with Gasteiger partial charge < -0.3 is 5.02 Å². The van der Waals surface area contributed by atoms with Crippen molar-refractivity contribution < 1.29 is 13.4 Å². The fraction of sp³-hybridized carbons (Fsp3) is 0.429. The van der Waals surface area contributed by atoms with Crippen LogP contribution in [0.4, 0.5) is 0 Å². The molecule has 0 bridgehead atoms. The maximum atomic E-state index is 11.1. The topological polar surface area (TPSA) is 54.4 Å². The molecule has 0 amide bonds. The molecule has 0 unspecified atom stereocenters. The summed E-state index contributed by atoms with van der Waals surface area (Å²) < 4.78 is 22.1. The van der Waals surface area contributed by atoms with Gasteiger partial charge in [-0.3, -0.25) is 0 Å². The average molecular weight is 186 g/mol. The van der Waals surface area contributed by atoms with Gasteiger partial charge in [-0.1, -0.05) is 17.6 Å². The van der Waals surface area contributed by atoms with Crippen molar-refractivity contribution in [2.75, 3.05) is 6.26 Å². The van der Waals surface area contributed by atoms with Crippen molar-refractivity contribution in [2.24, 2.45) is 0 Å². The van der Waals surface area contributed by atoms with E-state index in [4.69, 9.17) is 5.02 Å². The van der Waals surface area contributed by atoms with Gasteiger partial charge in [0.05, 0.1) is 4.91 Å². The van der Waals surface area contributed by atoms with Crippen LogP contribution in [0.3, 0.4) is 0 Å². The predicted molar refractivity (Wildman–Crippen MR) is 49.6 cm³/mol. The second-order valence-electron chi connectivity index (χ2n) is 2.88. The van der Waals surface area contributed by atoms with Crippen molar-refractivity contribution in [3.8, 4) is 0 Å². The Morgan fingerprint density at radius 1 is 1.58 bits per heavy atom. The van der Waals surface area contributed by atoms with Gasteiger partial charge in [0.25, 0.3) is 0 Å². The third-order valence-electron chi connectivity index (χ3n) is 1.79. The molecule has 3 nitrogen and oxygen atoms in total. The first-order valence-electron chi connectivity index (χ1n) is 3.74. The normalized spacial score (nSPS) is 18.2. The van der Waals surface area contributed by atoms with Crippen LogP contribution in [0.2, 0.25) is 0 Å². The lowest BCUT2D eigenvalue weighted by molar-refractivity contribution is 0.606. The molecular weight excluding hydrogens is 175 g/mol. The quantitative estimate of drug-likeness (QED) is 0.614. The molecule has 0 radical (unpaired) electrons. The third-order valence-corrected chi connectivity index (χ3v) is 2.93. The summed E-state index contributed by atoms with van der Waals surface area (Å²) >= 11 is 0. The van der Waals surface area contributed by atoms with Gasteiger partial charge in [-0.2, -0.15) is 0 Å². The molecule has 0 aromatic heterocycles. The summed E-state index contributed by atoms with van der Waals surface area (Å²) in [7, 11) is -3.14. The van der Waals surface area contributed by atoms with Gasteiger partial charge >= 0.3 is 7.48 Å². The molecular formula is C7H11BO3S. The average Bonchev–Trinajstić information content (AvgIpc) is 2.03. The molecule has 0 saturated heterocycles. The van der Waals surface area contributed by atoms with E-state index >= 15 is 0 Å². The van der Waals surface area contributed by atoms with E-state index in [-0.39, 0.29) is 7.48 Å². The van der Waals surface area contributed by atoms with E-state index in [1.807, 2.05) is 0 Å². The molecule has 0 aromatic rings. The van der Waals surface area contributed by atoms with Gasteiger partial charge in [0.15, 0.2) is 9.84 Å². The number of sulfone groups is 1. The van der Waals surface area contributed by atoms with Gasteiger partial charge in [-0.15, -0.1) is 0 Å². The minimum absolute atomic E-state index is 0.0488. The van der Waals surface area contributed by atoms with Crippen molar-refractivity contribution in [1.29, 1.82) is 0 Å². The highest BCUT2D eigenvalue weighted by Gasteiger charge is 2.13. The molecule has 1 rings (SSSR count). The van der Waals surface area contributed by atoms with Gasteiger partial charge in [0.1, 0.15) is 0 Å². The monoisotopic (exact) mass is 186 g/mol. The summed E-state index contributed by atoms with van der Waals surface area (Å²) in [5.41, 5.74) is 0.790. The van der Waals surface area contributed by atoms with Crippen LogP contribution in [0.1, 0.15) is 12.8 Å². The Balaban J connectivity index is 2.96. The van der Waals surface area contributed by atoms with Crippen LogP contribution < -0.4 is 0 Å². The van der Waals surface area contributed by atoms with Crippen molar-refractivity contribution >= 4 is 17.3 Å². The molecule has 0 fully saturated rings. The lowest BCUT2D eigenvalue weighted by atomic mass is 9.82. The molecule has 66 valence electrons. The summed E-state index contributed by atoms with van der Waals surface area (Å²) in [5, 5.41) is 8.78. The summed E-state index contributed by atoms with van der Waals surface area (Å²) in [4.78, 5) is 0.331. The molecule has 1 N–H and O–H groups in total. The Hall–Kier alpha value is -0.545. The zero-order valence-corrected chi connectivity index (χ0v) is 7.76. The minimum Gasteiger partial charge on any atom is -0.449 e. The molecule has 5 heteroatoms. The minimum atomic E-state index is -3.10. The van der Waals surface area contributed by atoms with E-state index in [0.717, 1.165) is 11.9 Å². The second kappa shape index (κ2) is 3.45. The third kappa shape index (κ3) is 2.22. The zero-order valence-electron chi connectivity index (χ0n) is 6.95. The summed E-state index contributed by atoms with van der Waals surface area (Å²) in [6.45, 7) is 0. The maximum Gasteiger partial charge on any atom is 0.300 e. The van der Waals surface area contributed by atoms with E-state index in [0.29, 0.717) is 11.3 Å². The first-order valence-corrected chi connectivity index (χ1v) is 5.63. The Kier molecular flexibility index (Phi) is 2.74. The highest BCUT2D eigenvalue weighted by atomic mass is 32.2. The van der Waals surface area contributed by atoms with Gasteiger partial charge in [0, 0.05) is 6.26 Å². The largest absolute Gasteiger partial charge is 0.449 e. The summed E-state index contributed by atoms with van der Waals surface area (Å²) in [6, 6.07) is 0. The molecule has 0 aromatic carbocycles. The molecule has 0 aliphatic heterocycles. The molecule has 0 heterocycles. The van der Waals surface area contributed by atoms with Gasteiger partial charge in [-0.05, 0) is 12.8 Å². The predicted octanol–water partition coefficient (Wildman–Crippen LogP) is -0.0636. The van der Waals surface area contributed by atoms with Crippen molar-refractivity contribution in [3.05, 3.63) is 22.5 Å². The molecule has 1 aliphatic carbocycles. The lowest BCUT2D eigenvalue weighted by Gasteiger charge is -2.09. The van der Waals surface area contributed by atoms with E-state index in [2.05, 4.69) is 0 Å². The summed E-state index contributed by atoms with van der Waals surface area (Å²) in [6.07, 6.45) is 5.88. The zero-order chi connectivity index (χ0) is 9.19. The Morgan fingerprint density at radius 2 is 2.25 bits per heavy atom. The van der Waals surface area contributed by atoms with Crippen LogP contribution >= 0.6 is 0 Å². The Labute approximate surface area is 73.0 Å². The lowest BCUT2D eigenvalue weighted by Crippen LogP contribution is -2.06. The van der Waals surface area contributed by atoms with E-state index < -0.39 is 9.84 Å². The molecule has 12 heavy (non-hydrogen) atoms. The summed E-state index contributed by atoms with van der Waals surface area (Å²) in [5.74, 6) is 0. The van der Waals surface area contributed by atoms with Crippen LogP contribution in [0.15, 0.2) is 22.5 Å². The van der Waals surface area contributed by atoms with Crippen molar-refractivity contribution in [2.45, 2.75) is 12.8 Å². The highest BCUT2D eigenvalue weighted by molar-refractivity contribution is 7.94. The number of rotatable bonds is 2. The molecule has 1 aliphatic rings. The van der Waals surface area contributed by atoms with Crippen LogP contribution in [0.25, 0.3) is 0 Å². The van der Waals surface area contributed by atoms with Crippen molar-refractivity contribution in [1.82, 2.24) is 0 Å². The highest BCUT2D eigenvalue weighted by Crippen LogP contribution is 2.19. The number of allylic oxidation sites excluding steroid dienone is 3. The fourth-order valence-electron chi connectivity index (χ4n) is 1.12. The van der Waals surface area contributed by atoms with Crippen molar-refractivity contribution in [3.63, 3.8) is 0 Å². The van der Waals surface area contributed by atoms with E-state index in [1.54, 1.807) is 12.2 Å². The van der Waals surface area contributed by atoms with Gasteiger partial charge in [0.2, 0.25) is 0 Å². The SMILES string of the molecule is CS(=O)(=O)C1=CCCC(BO)=C1. The second-order valence-corrected chi connectivity index (χ2v) is 4.89. The molecule has 0 saturated carbocycles. The first kappa shape index (κ1) is 9.54. The number of hydrogen-bond donors (Lipinski definition) is 1. The standard InChI is InChI=1S/C7H11BO3S/c1-12(10,11)7-4-2-3-6(5-7)8-9/h4-5,8-9H,2-3H2,1H3. The first-order chi connectivity index (χ1) is 5.54. The smallest absolute Gasteiger partial charge is 0.300 e. The molecule has 0 spiro atoms. The van der Waals surface area contributed by atoms with Crippen LogP contribution in [-0.2, 0) is 9.84 Å². The maximum absolute atomic E-state index is 11.1. The van der Waals surface area contributed by atoms with Crippen LogP contribution in [0, 0.1) is 0 Å². The Bertz CT molecular complexity index is 327. The van der Waals surface area contributed by atoms with E-state index in [9.17, 15) is 8.42 Å². The van der Waals surface area contributed by atoms with E-state index in [1.165, 1.54) is 6.26 Å². The Morgan fingerprint density at radius 3 is 2.75 bits per heavy atom.